The number of nitrogens with one attached hydrogen (secondary N) is 1. The zero-order valence-electron chi connectivity index (χ0n) is 13.4. The van der Waals surface area contributed by atoms with Crippen molar-refractivity contribution in [2.24, 2.45) is 0 Å². The van der Waals surface area contributed by atoms with Gasteiger partial charge in [0, 0.05) is 12.6 Å². The molecule has 0 saturated carbocycles. The zero-order valence-corrected chi connectivity index (χ0v) is 13.4. The monoisotopic (exact) mass is 330 g/mol. The SMILES string of the molecule is COc1ccc([N+](=O)[O-])cc1O[C@H](C)C(=O)NCc1ccccc1. The van der Waals surface area contributed by atoms with Crippen molar-refractivity contribution in [3.8, 4) is 11.5 Å². The molecule has 1 atom stereocenters. The van der Waals surface area contributed by atoms with Gasteiger partial charge in [0.15, 0.2) is 17.6 Å². The standard InChI is InChI=1S/C17H18N2O5/c1-12(17(20)18-11-13-6-4-3-5-7-13)24-16-10-14(19(21)22)8-9-15(16)23-2/h3-10,12H,11H2,1-2H3,(H,18,20)/t12-/m1/s1. The Morgan fingerprint density at radius 2 is 1.92 bits per heavy atom. The fourth-order valence-electron chi connectivity index (χ4n) is 2.04. The third kappa shape index (κ3) is 4.45. The van der Waals surface area contributed by atoms with Crippen LogP contribution in [0.3, 0.4) is 0 Å². The molecule has 1 amide bonds. The average molecular weight is 330 g/mol. The van der Waals surface area contributed by atoms with Gasteiger partial charge in [0.05, 0.1) is 18.1 Å². The number of hydrogen-bond donors (Lipinski definition) is 1. The molecule has 0 unspecified atom stereocenters. The van der Waals surface area contributed by atoms with Crippen LogP contribution in [-0.4, -0.2) is 24.0 Å². The second kappa shape index (κ2) is 7.96. The second-order valence-corrected chi connectivity index (χ2v) is 5.06. The maximum Gasteiger partial charge on any atom is 0.273 e. The molecule has 0 saturated heterocycles. The molecule has 7 nitrogen and oxygen atoms in total. The van der Waals surface area contributed by atoms with E-state index < -0.39 is 11.0 Å². The van der Waals surface area contributed by atoms with Crippen molar-refractivity contribution in [1.29, 1.82) is 0 Å². The summed E-state index contributed by atoms with van der Waals surface area (Å²) in [6, 6.07) is 13.4. The second-order valence-electron chi connectivity index (χ2n) is 5.06. The third-order valence-electron chi connectivity index (χ3n) is 3.34. The summed E-state index contributed by atoms with van der Waals surface area (Å²) in [7, 11) is 1.42. The van der Waals surface area contributed by atoms with Crippen molar-refractivity contribution >= 4 is 11.6 Å². The molecule has 0 fully saturated rings. The van der Waals surface area contributed by atoms with E-state index in [1.54, 1.807) is 6.92 Å². The largest absolute Gasteiger partial charge is 0.493 e. The highest BCUT2D eigenvalue weighted by Crippen LogP contribution is 2.31. The van der Waals surface area contributed by atoms with Gasteiger partial charge in [0.25, 0.3) is 11.6 Å². The first-order valence-corrected chi connectivity index (χ1v) is 7.32. The lowest BCUT2D eigenvalue weighted by Gasteiger charge is -2.16. The van der Waals surface area contributed by atoms with Crippen molar-refractivity contribution < 1.29 is 19.2 Å². The molecule has 0 radical (unpaired) electrons. The first-order valence-electron chi connectivity index (χ1n) is 7.32. The summed E-state index contributed by atoms with van der Waals surface area (Å²) in [6.45, 7) is 1.94. The van der Waals surface area contributed by atoms with Crippen LogP contribution in [0.5, 0.6) is 11.5 Å². The fraction of sp³-hybridized carbons (Fsp3) is 0.235. The van der Waals surface area contributed by atoms with Crippen LogP contribution in [0.15, 0.2) is 48.5 Å². The Morgan fingerprint density at radius 1 is 1.21 bits per heavy atom. The number of carbonyl (C=O) groups is 1. The topological polar surface area (TPSA) is 90.7 Å². The Kier molecular flexibility index (Phi) is 5.73. The summed E-state index contributed by atoms with van der Waals surface area (Å²) in [4.78, 5) is 22.5. The first kappa shape index (κ1) is 17.3. The van der Waals surface area contributed by atoms with Crippen molar-refractivity contribution in [3.05, 3.63) is 64.2 Å². The van der Waals surface area contributed by atoms with Gasteiger partial charge < -0.3 is 14.8 Å². The van der Waals surface area contributed by atoms with Gasteiger partial charge in [-0.05, 0) is 18.6 Å². The van der Waals surface area contributed by atoms with Gasteiger partial charge in [0.2, 0.25) is 0 Å². The molecule has 2 aromatic carbocycles. The van der Waals surface area contributed by atoms with Crippen LogP contribution in [0, 0.1) is 10.1 Å². The average Bonchev–Trinajstić information content (AvgIpc) is 2.60. The maximum absolute atomic E-state index is 12.1. The van der Waals surface area contributed by atoms with E-state index >= 15 is 0 Å². The number of carbonyl (C=O) groups excluding carboxylic acids is 1. The van der Waals surface area contributed by atoms with Crippen molar-refractivity contribution in [1.82, 2.24) is 5.32 Å². The summed E-state index contributed by atoms with van der Waals surface area (Å²) in [6.07, 6.45) is -0.829. The molecule has 0 bridgehead atoms. The molecule has 7 heteroatoms. The Labute approximate surface area is 139 Å². The molecule has 126 valence electrons. The highest BCUT2D eigenvalue weighted by atomic mass is 16.6. The lowest BCUT2D eigenvalue weighted by Crippen LogP contribution is -2.35. The Hall–Kier alpha value is -3.09. The van der Waals surface area contributed by atoms with Crippen molar-refractivity contribution in [2.75, 3.05) is 7.11 Å². The minimum Gasteiger partial charge on any atom is -0.493 e. The molecule has 0 heterocycles. The van der Waals surface area contributed by atoms with Crippen LogP contribution in [0.4, 0.5) is 5.69 Å². The number of hydrogen-bond acceptors (Lipinski definition) is 5. The molecule has 0 spiro atoms. The smallest absolute Gasteiger partial charge is 0.273 e. The quantitative estimate of drug-likeness (QED) is 0.622. The molecule has 1 N–H and O–H groups in total. The number of nitrogens with zero attached hydrogens (tertiary/aromatic N) is 1. The zero-order chi connectivity index (χ0) is 17.5. The van der Waals surface area contributed by atoms with Crippen LogP contribution >= 0.6 is 0 Å². The fourth-order valence-corrected chi connectivity index (χ4v) is 2.04. The van der Waals surface area contributed by atoms with E-state index in [2.05, 4.69) is 5.32 Å². The van der Waals surface area contributed by atoms with E-state index in [0.29, 0.717) is 12.3 Å². The maximum atomic E-state index is 12.1. The van der Waals surface area contributed by atoms with E-state index in [9.17, 15) is 14.9 Å². The van der Waals surface area contributed by atoms with Gasteiger partial charge in [-0.25, -0.2) is 0 Å². The molecule has 0 aliphatic rings. The lowest BCUT2D eigenvalue weighted by molar-refractivity contribution is -0.385. The minimum absolute atomic E-state index is 0.136. The van der Waals surface area contributed by atoms with Gasteiger partial charge in [-0.3, -0.25) is 14.9 Å². The van der Waals surface area contributed by atoms with E-state index in [-0.39, 0.29) is 17.3 Å². The molecular weight excluding hydrogens is 312 g/mol. The van der Waals surface area contributed by atoms with Crippen molar-refractivity contribution in [2.45, 2.75) is 19.6 Å². The van der Waals surface area contributed by atoms with E-state index in [1.165, 1.54) is 25.3 Å². The van der Waals surface area contributed by atoms with Gasteiger partial charge >= 0.3 is 0 Å². The Morgan fingerprint density at radius 3 is 2.54 bits per heavy atom. The third-order valence-corrected chi connectivity index (χ3v) is 3.34. The summed E-state index contributed by atoms with van der Waals surface area (Å²) in [5.41, 5.74) is 0.827. The van der Waals surface area contributed by atoms with E-state index in [4.69, 9.17) is 9.47 Å². The van der Waals surface area contributed by atoms with Gasteiger partial charge in [0.1, 0.15) is 0 Å². The van der Waals surface area contributed by atoms with Gasteiger partial charge in [-0.2, -0.15) is 0 Å². The Balaban J connectivity index is 2.02. The van der Waals surface area contributed by atoms with E-state index in [1.807, 2.05) is 30.3 Å². The summed E-state index contributed by atoms with van der Waals surface area (Å²) < 4.78 is 10.6. The molecule has 24 heavy (non-hydrogen) atoms. The number of benzene rings is 2. The highest BCUT2D eigenvalue weighted by molar-refractivity contribution is 5.80. The molecular formula is C17H18N2O5. The summed E-state index contributed by atoms with van der Waals surface area (Å²) in [5, 5.41) is 13.6. The number of amides is 1. The molecule has 0 aliphatic carbocycles. The predicted molar refractivity (Wildman–Crippen MR) is 88.0 cm³/mol. The number of ether oxygens (including phenoxy) is 2. The van der Waals surface area contributed by atoms with Crippen LogP contribution in [0.2, 0.25) is 0 Å². The molecule has 0 aromatic heterocycles. The number of non-ortho nitro benzene ring substituents is 1. The molecule has 2 rings (SSSR count). The van der Waals surface area contributed by atoms with E-state index in [0.717, 1.165) is 5.56 Å². The Bertz CT molecular complexity index is 718. The van der Waals surface area contributed by atoms with Gasteiger partial charge in [-0.15, -0.1) is 0 Å². The summed E-state index contributed by atoms with van der Waals surface area (Å²) in [5.74, 6) is 0.143. The van der Waals surface area contributed by atoms with Crippen LogP contribution in [0.25, 0.3) is 0 Å². The number of nitro groups is 1. The van der Waals surface area contributed by atoms with Gasteiger partial charge in [-0.1, -0.05) is 30.3 Å². The number of nitro benzene ring substituents is 1. The lowest BCUT2D eigenvalue weighted by atomic mass is 10.2. The molecule has 0 aliphatic heterocycles. The normalized spacial score (nSPS) is 11.4. The predicted octanol–water partition coefficient (Wildman–Crippen LogP) is 2.69. The first-order chi connectivity index (χ1) is 11.5. The number of methoxy groups -OCH3 is 1. The minimum atomic E-state index is -0.829. The highest BCUT2D eigenvalue weighted by Gasteiger charge is 2.19. The summed E-state index contributed by atoms with van der Waals surface area (Å²) >= 11 is 0. The van der Waals surface area contributed by atoms with Crippen LogP contribution in [0.1, 0.15) is 12.5 Å². The van der Waals surface area contributed by atoms with Crippen LogP contribution < -0.4 is 14.8 Å². The van der Waals surface area contributed by atoms with Crippen molar-refractivity contribution in [3.63, 3.8) is 0 Å². The van der Waals surface area contributed by atoms with Crippen LogP contribution in [-0.2, 0) is 11.3 Å². The molecule has 2 aromatic rings. The number of rotatable bonds is 7.